The lowest BCUT2D eigenvalue weighted by Crippen LogP contribution is -2.46. The molecule has 34 heavy (non-hydrogen) atoms. The van der Waals surface area contributed by atoms with E-state index >= 15 is 0 Å². The van der Waals surface area contributed by atoms with Gasteiger partial charge in [-0.05, 0) is 66.9 Å². The summed E-state index contributed by atoms with van der Waals surface area (Å²) in [5.41, 5.74) is 3.06. The molecule has 2 amide bonds. The van der Waals surface area contributed by atoms with Gasteiger partial charge in [-0.2, -0.15) is 4.98 Å². The monoisotopic (exact) mass is 492 g/mol. The van der Waals surface area contributed by atoms with E-state index in [0.29, 0.717) is 34.2 Å². The third kappa shape index (κ3) is 4.01. The van der Waals surface area contributed by atoms with Crippen molar-refractivity contribution < 1.29 is 13.7 Å². The number of aryl methyl sites for hydroxylation is 1. The number of hydrogen-bond donors (Lipinski definition) is 1. The van der Waals surface area contributed by atoms with E-state index in [1.165, 1.54) is 22.3 Å². The third-order valence-corrected chi connectivity index (χ3v) is 7.35. The summed E-state index contributed by atoms with van der Waals surface area (Å²) >= 11 is 3.16. The van der Waals surface area contributed by atoms with Crippen LogP contribution < -0.4 is 10.2 Å². The minimum atomic E-state index is -0.508. The maximum atomic E-state index is 14.4. The normalized spacial score (nSPS) is 16.2. The average molecular weight is 493 g/mol. The molecule has 1 unspecified atom stereocenters. The van der Waals surface area contributed by atoms with Crippen LogP contribution in [0.1, 0.15) is 30.0 Å². The van der Waals surface area contributed by atoms with Gasteiger partial charge >= 0.3 is 6.03 Å². The molecule has 5 rings (SSSR count). The number of rotatable bonds is 5. The fraction of sp³-hybridized carbons (Fsp3) is 0.160. The number of aromatic nitrogens is 2. The number of allylic oxidation sites excluding steroid dienone is 1. The first kappa shape index (κ1) is 22.4. The van der Waals surface area contributed by atoms with Crippen LogP contribution in [0.25, 0.3) is 16.3 Å². The van der Waals surface area contributed by atoms with E-state index in [-0.39, 0.29) is 11.8 Å². The van der Waals surface area contributed by atoms with Gasteiger partial charge < -0.3 is 9.84 Å². The number of amides is 2. The van der Waals surface area contributed by atoms with E-state index in [1.807, 2.05) is 55.0 Å². The van der Waals surface area contributed by atoms with E-state index < -0.39 is 6.04 Å². The molecule has 3 heterocycles. The second kappa shape index (κ2) is 9.08. The smallest absolute Gasteiger partial charge is 0.327 e. The van der Waals surface area contributed by atoms with Crippen LogP contribution in [0.15, 0.2) is 75.1 Å². The van der Waals surface area contributed by atoms with Gasteiger partial charge in [0.25, 0.3) is 5.89 Å². The topological polar surface area (TPSA) is 71.3 Å². The molecule has 0 spiro atoms. The van der Waals surface area contributed by atoms with Gasteiger partial charge in [-0.1, -0.05) is 29.4 Å². The molecular formula is C25H21FN4O2S2. The molecule has 9 heteroatoms. The highest BCUT2D eigenvalue weighted by atomic mass is 32.2. The molecular weight excluding hydrogens is 471 g/mol. The molecule has 0 fully saturated rings. The number of nitrogens with one attached hydrogen (secondary N) is 1. The molecule has 1 aliphatic rings. The number of carbonyl (C=O) groups excluding carboxylic acids is 1. The van der Waals surface area contributed by atoms with Gasteiger partial charge in [-0.3, -0.25) is 4.90 Å². The number of thioether (sulfide) groups is 1. The van der Waals surface area contributed by atoms with Crippen molar-refractivity contribution in [1.82, 2.24) is 15.5 Å². The van der Waals surface area contributed by atoms with Crippen molar-refractivity contribution in [2.45, 2.75) is 24.8 Å². The maximum absolute atomic E-state index is 14.4. The Kier molecular flexibility index (Phi) is 5.97. The molecule has 2 aromatic carbocycles. The minimum Gasteiger partial charge on any atom is -0.334 e. The zero-order valence-electron chi connectivity index (χ0n) is 18.7. The Morgan fingerprint density at radius 1 is 1.15 bits per heavy atom. The van der Waals surface area contributed by atoms with Crippen molar-refractivity contribution in [3.63, 3.8) is 0 Å². The van der Waals surface area contributed by atoms with E-state index in [4.69, 9.17) is 4.52 Å². The third-order valence-electron chi connectivity index (χ3n) is 5.75. The second-order valence-electron chi connectivity index (χ2n) is 7.82. The molecule has 0 saturated carbocycles. The average Bonchev–Trinajstić information content (AvgIpc) is 3.53. The first-order valence-electron chi connectivity index (χ1n) is 10.6. The molecule has 1 N–H and O–H groups in total. The number of hydrogen-bond acceptors (Lipinski definition) is 6. The highest BCUT2D eigenvalue weighted by Crippen LogP contribution is 2.40. The van der Waals surface area contributed by atoms with Crippen LogP contribution in [-0.2, 0) is 0 Å². The lowest BCUT2D eigenvalue weighted by Gasteiger charge is -2.35. The molecule has 4 aromatic rings. The summed E-state index contributed by atoms with van der Waals surface area (Å²) < 4.78 is 20.1. The first-order valence-corrected chi connectivity index (χ1v) is 12.7. The number of halogens is 1. The van der Waals surface area contributed by atoms with Crippen LogP contribution in [0.3, 0.4) is 0 Å². The van der Waals surface area contributed by atoms with Crippen LogP contribution in [0.4, 0.5) is 14.9 Å². The van der Waals surface area contributed by atoms with Gasteiger partial charge in [0.1, 0.15) is 5.82 Å². The standard InChI is InChI=1S/C25H21FN4O2S2/c1-14-6-9-17(13-19(14)26)30-15(2)21(24-28-23(29-32-24)20-5-4-12-34-20)22(27-25(30)31)16-7-10-18(33-3)11-8-16/h4-13,22H,1-3H3,(H,27,31). The Morgan fingerprint density at radius 2 is 1.94 bits per heavy atom. The van der Waals surface area contributed by atoms with Crippen molar-refractivity contribution >= 4 is 40.4 Å². The SMILES string of the molecule is CSc1ccc(C2NC(=O)N(c3ccc(C)c(F)c3)C(C)=C2c2nc(-c3cccs3)no2)cc1. The number of nitrogens with zero attached hydrogens (tertiary/aromatic N) is 3. The van der Waals surface area contributed by atoms with E-state index in [1.54, 1.807) is 30.8 Å². The van der Waals surface area contributed by atoms with Crippen LogP contribution in [-0.4, -0.2) is 22.4 Å². The fourth-order valence-electron chi connectivity index (χ4n) is 3.94. The number of carbonyl (C=O) groups is 1. The van der Waals surface area contributed by atoms with Gasteiger partial charge in [0.2, 0.25) is 5.82 Å². The molecule has 1 atom stereocenters. The highest BCUT2D eigenvalue weighted by molar-refractivity contribution is 7.98. The number of urea groups is 1. The van der Waals surface area contributed by atoms with Crippen LogP contribution in [0.2, 0.25) is 0 Å². The number of benzene rings is 2. The van der Waals surface area contributed by atoms with E-state index in [0.717, 1.165) is 15.3 Å². The van der Waals surface area contributed by atoms with Gasteiger partial charge in [0.05, 0.1) is 22.2 Å². The molecule has 1 aliphatic heterocycles. The van der Waals surface area contributed by atoms with Crippen LogP contribution >= 0.6 is 23.1 Å². The number of thiophene rings is 1. The van der Waals surface area contributed by atoms with Gasteiger partial charge in [-0.15, -0.1) is 23.1 Å². The number of anilines is 1. The lowest BCUT2D eigenvalue weighted by molar-refractivity contribution is 0.244. The fourth-order valence-corrected chi connectivity index (χ4v) is 4.99. The van der Waals surface area contributed by atoms with Crippen molar-refractivity contribution in [2.75, 3.05) is 11.2 Å². The summed E-state index contributed by atoms with van der Waals surface area (Å²) in [4.78, 5) is 21.3. The predicted molar refractivity (Wildman–Crippen MR) is 133 cm³/mol. The van der Waals surface area contributed by atoms with Crippen molar-refractivity contribution in [2.24, 2.45) is 0 Å². The first-order chi connectivity index (χ1) is 16.5. The zero-order chi connectivity index (χ0) is 23.8. The van der Waals surface area contributed by atoms with Crippen molar-refractivity contribution in [1.29, 1.82) is 0 Å². The molecule has 0 bridgehead atoms. The summed E-state index contributed by atoms with van der Waals surface area (Å²) in [6.07, 6.45) is 2.01. The Bertz CT molecular complexity index is 1380. The van der Waals surface area contributed by atoms with Crippen LogP contribution in [0, 0.1) is 12.7 Å². The zero-order valence-corrected chi connectivity index (χ0v) is 20.3. The van der Waals surface area contributed by atoms with E-state index in [9.17, 15) is 9.18 Å². The Balaban J connectivity index is 1.65. The van der Waals surface area contributed by atoms with Gasteiger partial charge in [0, 0.05) is 10.6 Å². The Hall–Kier alpha value is -3.43. The summed E-state index contributed by atoms with van der Waals surface area (Å²) in [7, 11) is 0. The predicted octanol–water partition coefficient (Wildman–Crippen LogP) is 6.67. The van der Waals surface area contributed by atoms with Crippen LogP contribution in [0.5, 0.6) is 0 Å². The largest absolute Gasteiger partial charge is 0.334 e. The highest BCUT2D eigenvalue weighted by Gasteiger charge is 2.36. The van der Waals surface area contributed by atoms with Gasteiger partial charge in [-0.25, -0.2) is 9.18 Å². The van der Waals surface area contributed by atoms with Gasteiger partial charge in [0.15, 0.2) is 0 Å². The molecule has 172 valence electrons. The maximum Gasteiger partial charge on any atom is 0.327 e. The molecule has 0 saturated heterocycles. The van der Waals surface area contributed by atoms with Crippen molar-refractivity contribution in [3.05, 3.63) is 88.5 Å². The second-order valence-corrected chi connectivity index (χ2v) is 9.65. The molecule has 0 aliphatic carbocycles. The Labute approximate surface area is 204 Å². The quantitative estimate of drug-likeness (QED) is 0.315. The minimum absolute atomic E-state index is 0.303. The lowest BCUT2D eigenvalue weighted by atomic mass is 9.94. The Morgan fingerprint density at radius 3 is 2.62 bits per heavy atom. The molecule has 6 nitrogen and oxygen atoms in total. The van der Waals surface area contributed by atoms with Crippen molar-refractivity contribution in [3.8, 4) is 10.7 Å². The molecule has 0 radical (unpaired) electrons. The summed E-state index contributed by atoms with van der Waals surface area (Å²) in [5, 5.41) is 9.16. The van der Waals surface area contributed by atoms with E-state index in [2.05, 4.69) is 15.5 Å². The summed E-state index contributed by atoms with van der Waals surface area (Å²) in [6, 6.07) is 15.7. The molecule has 2 aromatic heterocycles. The summed E-state index contributed by atoms with van der Waals surface area (Å²) in [6.45, 7) is 3.49. The summed E-state index contributed by atoms with van der Waals surface area (Å²) in [5.74, 6) is 0.399.